The molecule has 0 saturated carbocycles. The number of hydrogen-bond donors (Lipinski definition) is 1. The van der Waals surface area contributed by atoms with E-state index in [0.29, 0.717) is 32.5 Å². The number of anilines is 1. The second-order valence-electron chi connectivity index (χ2n) is 8.05. The standard InChI is InChI=1S/C29H17BrClN3O3S/c30-19-11-9-18(10-12-19)25-14-13-23(37-25)16-26-28(36)34(22-7-2-1-3-8-22)29(38-26)24(17-32)27(35)33-21-6-4-5-20(31)15-21/h1-16H,(H,33,35)/b26-16+,29-24-. The molecule has 186 valence electrons. The monoisotopic (exact) mass is 601 g/mol. The lowest BCUT2D eigenvalue weighted by molar-refractivity contribution is -0.111. The van der Waals surface area contributed by atoms with Crippen LogP contribution in [0.25, 0.3) is 28.7 Å². The van der Waals surface area contributed by atoms with E-state index in [-0.39, 0.29) is 15.8 Å². The zero-order valence-electron chi connectivity index (χ0n) is 19.5. The molecule has 0 atom stereocenters. The van der Waals surface area contributed by atoms with Gasteiger partial charge < -0.3 is 9.73 Å². The number of nitriles is 1. The number of thiazole rings is 1. The normalized spacial score (nSPS) is 12.2. The Bertz CT molecular complexity index is 1870. The van der Waals surface area contributed by atoms with Crippen molar-refractivity contribution in [1.29, 1.82) is 5.26 Å². The summed E-state index contributed by atoms with van der Waals surface area (Å²) in [6.45, 7) is 0. The molecule has 0 fully saturated rings. The van der Waals surface area contributed by atoms with Crippen LogP contribution < -0.4 is 20.1 Å². The van der Waals surface area contributed by atoms with Gasteiger partial charge in [-0.05, 0) is 54.6 Å². The topological polar surface area (TPSA) is 88.0 Å². The van der Waals surface area contributed by atoms with Gasteiger partial charge in [0.25, 0.3) is 11.5 Å². The number of carbonyl (C=O) groups excluding carboxylic acids is 1. The highest BCUT2D eigenvalue weighted by Crippen LogP contribution is 2.24. The Morgan fingerprint density at radius 2 is 1.79 bits per heavy atom. The van der Waals surface area contributed by atoms with Crippen molar-refractivity contribution in [3.63, 3.8) is 0 Å². The number of para-hydroxylation sites is 1. The lowest BCUT2D eigenvalue weighted by Crippen LogP contribution is -2.32. The maximum absolute atomic E-state index is 13.6. The predicted octanol–water partition coefficient (Wildman–Crippen LogP) is 5.72. The number of nitrogens with one attached hydrogen (secondary N) is 1. The van der Waals surface area contributed by atoms with Gasteiger partial charge in [-0.2, -0.15) is 5.26 Å². The molecule has 6 nitrogen and oxygen atoms in total. The van der Waals surface area contributed by atoms with Crippen LogP contribution in [0.3, 0.4) is 0 Å². The molecule has 0 bridgehead atoms. The van der Waals surface area contributed by atoms with E-state index in [1.54, 1.807) is 60.7 Å². The summed E-state index contributed by atoms with van der Waals surface area (Å²) in [5, 5.41) is 13.1. The third-order valence-corrected chi connectivity index (χ3v) is 7.36. The first-order chi connectivity index (χ1) is 18.4. The number of aromatic nitrogens is 1. The van der Waals surface area contributed by atoms with Crippen molar-refractivity contribution in [2.75, 3.05) is 5.32 Å². The SMILES string of the molecule is N#C/C(C(=O)Nc1cccc(Cl)c1)=c1/s/c(=C/c2ccc(-c3ccc(Br)cc3)o2)c(=O)n1-c1ccccc1. The van der Waals surface area contributed by atoms with Crippen LogP contribution in [-0.2, 0) is 4.79 Å². The largest absolute Gasteiger partial charge is 0.457 e. The Kier molecular flexibility index (Phi) is 7.43. The third-order valence-electron chi connectivity index (χ3n) is 5.50. The molecule has 5 rings (SSSR count). The molecule has 0 aliphatic carbocycles. The van der Waals surface area contributed by atoms with Gasteiger partial charge in [0.15, 0.2) is 5.57 Å². The highest BCUT2D eigenvalue weighted by atomic mass is 79.9. The average molecular weight is 603 g/mol. The minimum absolute atomic E-state index is 0.203. The number of benzene rings is 3. The second kappa shape index (κ2) is 11.1. The van der Waals surface area contributed by atoms with Gasteiger partial charge in [0, 0.05) is 26.8 Å². The molecule has 1 amide bonds. The summed E-state index contributed by atoms with van der Waals surface area (Å²) in [5.74, 6) is 0.465. The molecule has 2 heterocycles. The molecule has 0 radical (unpaired) electrons. The summed E-state index contributed by atoms with van der Waals surface area (Å²) in [5.41, 5.74) is 1.27. The van der Waals surface area contributed by atoms with E-state index in [0.717, 1.165) is 21.4 Å². The van der Waals surface area contributed by atoms with Gasteiger partial charge in [-0.15, -0.1) is 11.3 Å². The van der Waals surface area contributed by atoms with E-state index in [1.165, 1.54) is 4.57 Å². The fraction of sp³-hybridized carbons (Fsp3) is 0. The van der Waals surface area contributed by atoms with Crippen LogP contribution in [0.5, 0.6) is 0 Å². The van der Waals surface area contributed by atoms with Crippen LogP contribution in [0.1, 0.15) is 5.76 Å². The maximum Gasteiger partial charge on any atom is 0.273 e. The summed E-state index contributed by atoms with van der Waals surface area (Å²) >= 11 is 10.5. The number of amides is 1. The van der Waals surface area contributed by atoms with Gasteiger partial charge in [0.1, 0.15) is 22.3 Å². The summed E-state index contributed by atoms with van der Waals surface area (Å²) in [4.78, 5) is 26.7. The summed E-state index contributed by atoms with van der Waals surface area (Å²) in [6.07, 6.45) is 1.61. The van der Waals surface area contributed by atoms with Crippen LogP contribution in [0.15, 0.2) is 105 Å². The Balaban J connectivity index is 1.65. The quantitative estimate of drug-likeness (QED) is 0.279. The lowest BCUT2D eigenvalue weighted by atomic mass is 10.2. The third kappa shape index (κ3) is 5.41. The Morgan fingerprint density at radius 3 is 2.50 bits per heavy atom. The number of rotatable bonds is 5. The second-order valence-corrected chi connectivity index (χ2v) is 10.4. The molecule has 3 aromatic carbocycles. The van der Waals surface area contributed by atoms with E-state index in [2.05, 4.69) is 21.2 Å². The van der Waals surface area contributed by atoms with E-state index in [1.807, 2.05) is 42.5 Å². The molecular weight excluding hydrogens is 586 g/mol. The van der Waals surface area contributed by atoms with Crippen molar-refractivity contribution < 1.29 is 9.21 Å². The van der Waals surface area contributed by atoms with Gasteiger partial charge in [-0.25, -0.2) is 0 Å². The smallest absolute Gasteiger partial charge is 0.273 e. The lowest BCUT2D eigenvalue weighted by Gasteiger charge is -2.06. The molecule has 0 aliphatic heterocycles. The van der Waals surface area contributed by atoms with Gasteiger partial charge in [0.05, 0.1) is 10.2 Å². The average Bonchev–Trinajstić information content (AvgIpc) is 3.50. The van der Waals surface area contributed by atoms with Crippen LogP contribution in [-0.4, -0.2) is 10.5 Å². The van der Waals surface area contributed by atoms with Crippen molar-refractivity contribution in [1.82, 2.24) is 4.57 Å². The highest BCUT2D eigenvalue weighted by Gasteiger charge is 2.17. The molecule has 5 aromatic rings. The van der Waals surface area contributed by atoms with Gasteiger partial charge in [-0.3, -0.25) is 14.2 Å². The van der Waals surface area contributed by atoms with Crippen molar-refractivity contribution in [2.24, 2.45) is 0 Å². The zero-order chi connectivity index (χ0) is 26.6. The van der Waals surface area contributed by atoms with E-state index in [9.17, 15) is 14.9 Å². The maximum atomic E-state index is 13.6. The van der Waals surface area contributed by atoms with Crippen LogP contribution >= 0.6 is 38.9 Å². The Hall–Kier alpha value is -4.16. The van der Waals surface area contributed by atoms with Gasteiger partial charge >= 0.3 is 0 Å². The molecule has 0 spiro atoms. The first kappa shape index (κ1) is 25.5. The van der Waals surface area contributed by atoms with Crippen molar-refractivity contribution in [2.45, 2.75) is 0 Å². The number of nitrogens with zero attached hydrogens (tertiary/aromatic N) is 2. The number of hydrogen-bond acceptors (Lipinski definition) is 5. The number of furan rings is 1. The Labute approximate surface area is 234 Å². The summed E-state index contributed by atoms with van der Waals surface area (Å²) < 4.78 is 8.80. The van der Waals surface area contributed by atoms with Crippen molar-refractivity contribution >= 4 is 62.1 Å². The van der Waals surface area contributed by atoms with E-state index < -0.39 is 5.91 Å². The highest BCUT2D eigenvalue weighted by molar-refractivity contribution is 9.10. The van der Waals surface area contributed by atoms with Crippen LogP contribution in [0.2, 0.25) is 5.02 Å². The molecule has 0 unspecified atom stereocenters. The Morgan fingerprint density at radius 1 is 1.03 bits per heavy atom. The van der Waals surface area contributed by atoms with Crippen molar-refractivity contribution in [3.8, 4) is 23.1 Å². The van der Waals surface area contributed by atoms with Crippen LogP contribution in [0.4, 0.5) is 5.69 Å². The zero-order valence-corrected chi connectivity index (χ0v) is 22.7. The number of halogens is 2. The molecule has 38 heavy (non-hydrogen) atoms. The first-order valence-electron chi connectivity index (χ1n) is 11.3. The number of carbonyl (C=O) groups is 1. The van der Waals surface area contributed by atoms with Crippen LogP contribution in [0, 0.1) is 11.3 Å². The molecular formula is C29H17BrClN3O3S. The first-order valence-corrected chi connectivity index (χ1v) is 13.3. The predicted molar refractivity (Wildman–Crippen MR) is 154 cm³/mol. The molecule has 9 heteroatoms. The molecule has 0 saturated heterocycles. The molecule has 1 N–H and O–H groups in total. The summed E-state index contributed by atoms with van der Waals surface area (Å²) in [6, 6.07) is 28.7. The van der Waals surface area contributed by atoms with Gasteiger partial charge in [-0.1, -0.05) is 63.9 Å². The fourth-order valence-corrected chi connectivity index (χ4v) is 5.28. The van der Waals surface area contributed by atoms with Gasteiger partial charge in [0.2, 0.25) is 0 Å². The van der Waals surface area contributed by atoms with E-state index >= 15 is 0 Å². The fourth-order valence-electron chi connectivity index (χ4n) is 3.75. The molecule has 0 aliphatic rings. The summed E-state index contributed by atoms with van der Waals surface area (Å²) in [7, 11) is 0. The minimum Gasteiger partial charge on any atom is -0.457 e. The molecule has 2 aromatic heterocycles. The minimum atomic E-state index is -0.650. The van der Waals surface area contributed by atoms with Crippen molar-refractivity contribution in [3.05, 3.63) is 126 Å². The van der Waals surface area contributed by atoms with E-state index in [4.69, 9.17) is 16.0 Å².